The molecule has 0 bridgehead atoms. The number of amides is 1. The molecule has 0 radical (unpaired) electrons. The fraction of sp³-hybridized carbons (Fsp3) is 0.357. The minimum Gasteiger partial charge on any atom is -0.860 e. The van der Waals surface area contributed by atoms with E-state index in [-0.39, 0.29) is 43.3 Å². The fourth-order valence-corrected chi connectivity index (χ4v) is 1.94. The number of benzene rings is 1. The predicted octanol–water partition coefficient (Wildman–Crippen LogP) is -1.17. The first-order chi connectivity index (χ1) is 8.59. The van der Waals surface area contributed by atoms with Crippen LogP contribution in [0.1, 0.15) is 19.4 Å². The van der Waals surface area contributed by atoms with Crippen LogP contribution in [-0.2, 0) is 4.74 Å². The zero-order valence-electron chi connectivity index (χ0n) is 11.5. The number of hydrogen-bond donors (Lipinski definition) is 0. The molecule has 1 aliphatic heterocycles. The maximum atomic E-state index is 12.1. The molecule has 0 N–H and O–H groups in total. The van der Waals surface area contributed by atoms with Gasteiger partial charge < -0.3 is 9.84 Å². The Hall–Kier alpha value is -1.37. The van der Waals surface area contributed by atoms with Crippen molar-refractivity contribution < 1.29 is 33.5 Å². The van der Waals surface area contributed by atoms with Gasteiger partial charge in [-0.1, -0.05) is 44.2 Å². The molecule has 2 rings (SSSR count). The number of carbonyl (C=O) groups excluding carboxylic acids is 1. The van der Waals surface area contributed by atoms with Crippen LogP contribution in [0.15, 0.2) is 36.2 Å². The zero-order valence-corrected chi connectivity index (χ0v) is 11.5. The van der Waals surface area contributed by atoms with Crippen LogP contribution in [0.25, 0.3) is 6.08 Å². The summed E-state index contributed by atoms with van der Waals surface area (Å²) in [6.07, 6.45) is 0.910. The molecule has 0 aromatic heterocycles. The van der Waals surface area contributed by atoms with Crippen molar-refractivity contribution in [2.24, 2.45) is 5.92 Å². The second-order valence-electron chi connectivity index (χ2n) is 4.65. The first-order valence-electron chi connectivity index (χ1n) is 5.99. The molecule has 19 heavy (non-hydrogen) atoms. The van der Waals surface area contributed by atoms with Crippen LogP contribution in [-0.4, -0.2) is 23.6 Å². The average Bonchev–Trinajstić information content (AvgIpc) is 2.72. The summed E-state index contributed by atoms with van der Waals surface area (Å²) in [7, 11) is 0. The van der Waals surface area contributed by atoms with Crippen molar-refractivity contribution in [2.45, 2.75) is 19.9 Å². The van der Waals surface area contributed by atoms with E-state index in [1.807, 2.05) is 44.2 Å². The Kier molecular flexibility index (Phi) is 5.53. The molecule has 1 amide bonds. The third-order valence-electron chi connectivity index (χ3n) is 3.00. The standard InChI is InChI=1S/C14H17NO3.Li/c1-10(2)12-9-18-14(17)15(12)13(16)8-11-6-4-3-5-7-11;/h3-8,10,12,16H,9H2,1-2H3;/q;+1/p-1/b13-8-;/t12-;/m1./s1. The van der Waals surface area contributed by atoms with Crippen molar-refractivity contribution >= 4 is 12.2 Å². The van der Waals surface area contributed by atoms with Gasteiger partial charge in [-0.2, -0.15) is 0 Å². The zero-order chi connectivity index (χ0) is 13.1. The first-order valence-corrected chi connectivity index (χ1v) is 5.99. The predicted molar refractivity (Wildman–Crippen MR) is 66.2 cm³/mol. The van der Waals surface area contributed by atoms with E-state index in [4.69, 9.17) is 4.74 Å². The number of nitrogens with zero attached hydrogens (tertiary/aromatic N) is 1. The van der Waals surface area contributed by atoms with Gasteiger partial charge in [0.2, 0.25) is 0 Å². The summed E-state index contributed by atoms with van der Waals surface area (Å²) in [5, 5.41) is 12.1. The molecule has 1 aromatic rings. The summed E-state index contributed by atoms with van der Waals surface area (Å²) in [5.74, 6) is -0.132. The van der Waals surface area contributed by atoms with Crippen molar-refractivity contribution in [2.75, 3.05) is 6.61 Å². The van der Waals surface area contributed by atoms with Crippen LogP contribution < -0.4 is 24.0 Å². The van der Waals surface area contributed by atoms with Gasteiger partial charge in [0.1, 0.15) is 6.61 Å². The Balaban J connectivity index is 0.00000180. The van der Waals surface area contributed by atoms with Crippen LogP contribution in [0.2, 0.25) is 0 Å². The van der Waals surface area contributed by atoms with E-state index >= 15 is 0 Å². The molecule has 1 saturated heterocycles. The summed E-state index contributed by atoms with van der Waals surface area (Å²) in [6.45, 7) is 4.22. The maximum Gasteiger partial charge on any atom is 1.00 e. The van der Waals surface area contributed by atoms with Gasteiger partial charge in [-0.25, -0.2) is 4.79 Å². The van der Waals surface area contributed by atoms with Crippen LogP contribution in [0, 0.1) is 5.92 Å². The van der Waals surface area contributed by atoms with E-state index in [9.17, 15) is 9.90 Å². The molecule has 0 saturated carbocycles. The monoisotopic (exact) mass is 253 g/mol. The molecule has 1 aliphatic rings. The number of cyclic esters (lactones) is 1. The Morgan fingerprint density at radius 1 is 1.42 bits per heavy atom. The van der Waals surface area contributed by atoms with Crippen molar-refractivity contribution in [1.82, 2.24) is 4.90 Å². The Morgan fingerprint density at radius 3 is 2.63 bits per heavy atom. The van der Waals surface area contributed by atoms with E-state index in [1.54, 1.807) is 0 Å². The molecule has 5 heteroatoms. The van der Waals surface area contributed by atoms with Crippen LogP contribution in [0.4, 0.5) is 4.79 Å². The summed E-state index contributed by atoms with van der Waals surface area (Å²) in [5.41, 5.74) is 0.782. The topological polar surface area (TPSA) is 52.6 Å². The van der Waals surface area contributed by atoms with Gasteiger partial charge in [0.15, 0.2) is 0 Å². The quantitative estimate of drug-likeness (QED) is 0.503. The summed E-state index contributed by atoms with van der Waals surface area (Å²) >= 11 is 0. The third-order valence-corrected chi connectivity index (χ3v) is 3.00. The SMILES string of the molecule is CC(C)[C@H]1COC(=O)N1/C([O-])=C/c1ccccc1.[Li+]. The second kappa shape index (κ2) is 6.70. The largest absolute Gasteiger partial charge is 1.00 e. The van der Waals surface area contributed by atoms with Crippen molar-refractivity contribution in [3.05, 3.63) is 41.8 Å². The number of ether oxygens (including phenoxy) is 1. The van der Waals surface area contributed by atoms with Crippen LogP contribution in [0.3, 0.4) is 0 Å². The fourth-order valence-electron chi connectivity index (χ4n) is 1.94. The molecule has 1 aromatic carbocycles. The van der Waals surface area contributed by atoms with Gasteiger partial charge in [0.05, 0.1) is 6.04 Å². The van der Waals surface area contributed by atoms with E-state index < -0.39 is 6.09 Å². The van der Waals surface area contributed by atoms with E-state index in [0.717, 1.165) is 5.56 Å². The molecular formula is C14H16LiNO3. The molecule has 4 nitrogen and oxygen atoms in total. The summed E-state index contributed by atoms with van der Waals surface area (Å²) in [4.78, 5) is 12.8. The molecule has 0 spiro atoms. The number of carbonyl (C=O) groups is 1. The Bertz CT molecular complexity index is 459. The molecular weight excluding hydrogens is 237 g/mol. The smallest absolute Gasteiger partial charge is 0.860 e. The van der Waals surface area contributed by atoms with Gasteiger partial charge >= 0.3 is 25.0 Å². The molecule has 0 unspecified atom stereocenters. The molecule has 1 atom stereocenters. The summed E-state index contributed by atoms with van der Waals surface area (Å²) in [6, 6.07) is 9.05. The normalized spacial score (nSPS) is 19.3. The van der Waals surface area contributed by atoms with Crippen molar-refractivity contribution in [3.8, 4) is 0 Å². The van der Waals surface area contributed by atoms with Crippen LogP contribution in [0.5, 0.6) is 0 Å². The van der Waals surface area contributed by atoms with Crippen molar-refractivity contribution in [1.29, 1.82) is 0 Å². The molecule has 96 valence electrons. The number of hydrogen-bond acceptors (Lipinski definition) is 3. The Labute approximate surface area is 125 Å². The van der Waals surface area contributed by atoms with E-state index in [2.05, 4.69) is 0 Å². The van der Waals surface area contributed by atoms with E-state index in [1.165, 1.54) is 11.0 Å². The van der Waals surface area contributed by atoms with E-state index in [0.29, 0.717) is 0 Å². The minimum atomic E-state index is -0.550. The Morgan fingerprint density at radius 2 is 2.05 bits per heavy atom. The number of rotatable bonds is 3. The van der Waals surface area contributed by atoms with Crippen LogP contribution >= 0.6 is 0 Å². The minimum absolute atomic E-state index is 0. The molecule has 1 fully saturated rings. The van der Waals surface area contributed by atoms with Gasteiger partial charge in [-0.3, -0.25) is 4.90 Å². The van der Waals surface area contributed by atoms with Gasteiger partial charge in [-0.05, 0) is 23.4 Å². The molecule has 1 heterocycles. The average molecular weight is 253 g/mol. The van der Waals surface area contributed by atoms with Gasteiger partial charge in [-0.15, -0.1) is 0 Å². The maximum absolute atomic E-state index is 12.1. The molecule has 0 aliphatic carbocycles. The second-order valence-corrected chi connectivity index (χ2v) is 4.65. The summed E-state index contributed by atoms with van der Waals surface area (Å²) < 4.78 is 4.94. The van der Waals surface area contributed by atoms with Gasteiger partial charge in [0, 0.05) is 0 Å². The first kappa shape index (κ1) is 15.7. The third kappa shape index (κ3) is 3.56. The van der Waals surface area contributed by atoms with Crippen molar-refractivity contribution in [3.63, 3.8) is 0 Å². The van der Waals surface area contributed by atoms with Gasteiger partial charge in [0.25, 0.3) is 0 Å².